The minimum atomic E-state index is -0.586. The number of rotatable bonds is 8. The summed E-state index contributed by atoms with van der Waals surface area (Å²) >= 11 is 1.81. The fraction of sp³-hybridized carbons (Fsp3) is 0.611. The van der Waals surface area contributed by atoms with E-state index in [1.54, 1.807) is 0 Å². The molecular weight excluding hydrogens is 310 g/mol. The van der Waals surface area contributed by atoms with Gasteiger partial charge in [-0.1, -0.05) is 25.5 Å². The lowest BCUT2D eigenvalue weighted by molar-refractivity contribution is 0.0518. The summed E-state index contributed by atoms with van der Waals surface area (Å²) in [4.78, 5) is 12.7. The van der Waals surface area contributed by atoms with E-state index in [1.807, 2.05) is 50.7 Å². The Morgan fingerprint density at radius 1 is 1.39 bits per heavy atom. The van der Waals surface area contributed by atoms with Crippen LogP contribution in [0.2, 0.25) is 0 Å². The minimum Gasteiger partial charge on any atom is -0.444 e. The molecule has 1 aromatic carbocycles. The predicted octanol–water partition coefficient (Wildman–Crippen LogP) is 4.53. The Morgan fingerprint density at radius 2 is 2.13 bits per heavy atom. The van der Waals surface area contributed by atoms with Gasteiger partial charge in [0.25, 0.3) is 0 Å². The second-order valence-corrected chi connectivity index (χ2v) is 7.68. The molecule has 0 heterocycles. The maximum absolute atomic E-state index is 11.6. The lowest BCUT2D eigenvalue weighted by Crippen LogP contribution is -2.33. The lowest BCUT2D eigenvalue weighted by atomic mass is 10.1. The first-order valence-corrected chi connectivity index (χ1v) is 9.18. The van der Waals surface area contributed by atoms with Crippen LogP contribution >= 0.6 is 11.8 Å². The summed E-state index contributed by atoms with van der Waals surface area (Å²) in [5.74, 6) is 1.09. The van der Waals surface area contributed by atoms with Gasteiger partial charge < -0.3 is 15.2 Å². The largest absolute Gasteiger partial charge is 0.444 e. The van der Waals surface area contributed by atoms with Crippen molar-refractivity contribution in [1.29, 1.82) is 0 Å². The molecule has 0 spiro atoms. The molecular formula is C18H29NO3S. The Morgan fingerprint density at radius 3 is 2.78 bits per heavy atom. The van der Waals surface area contributed by atoms with E-state index in [1.165, 1.54) is 17.7 Å². The van der Waals surface area contributed by atoms with E-state index >= 15 is 0 Å². The van der Waals surface area contributed by atoms with Crippen molar-refractivity contribution in [2.45, 2.75) is 63.6 Å². The highest BCUT2D eigenvalue weighted by molar-refractivity contribution is 7.99. The normalized spacial score (nSPS) is 12.7. The molecule has 23 heavy (non-hydrogen) atoms. The number of amides is 1. The molecule has 1 rings (SSSR count). The molecule has 1 unspecified atom stereocenters. The fourth-order valence-corrected chi connectivity index (χ4v) is 3.00. The highest BCUT2D eigenvalue weighted by atomic mass is 32.2. The Bertz CT molecular complexity index is 485. The number of alkyl carbamates (subject to hydrolysis) is 1. The number of ether oxygens (including phenoxy) is 1. The van der Waals surface area contributed by atoms with E-state index < -0.39 is 17.8 Å². The molecule has 0 aliphatic heterocycles. The quantitative estimate of drug-likeness (QED) is 0.540. The summed E-state index contributed by atoms with van der Waals surface area (Å²) < 4.78 is 5.16. The summed E-state index contributed by atoms with van der Waals surface area (Å²) in [6, 6.07) is 7.98. The van der Waals surface area contributed by atoms with Gasteiger partial charge in [0, 0.05) is 11.4 Å². The summed E-state index contributed by atoms with van der Waals surface area (Å²) in [6.45, 7) is 8.02. The molecule has 0 bridgehead atoms. The van der Waals surface area contributed by atoms with E-state index in [4.69, 9.17) is 4.74 Å². The fourth-order valence-electron chi connectivity index (χ4n) is 1.94. The van der Waals surface area contributed by atoms with E-state index in [0.29, 0.717) is 13.0 Å². The predicted molar refractivity (Wildman–Crippen MR) is 95.9 cm³/mol. The molecule has 1 aromatic rings. The Labute approximate surface area is 144 Å². The van der Waals surface area contributed by atoms with Crippen molar-refractivity contribution in [2.75, 3.05) is 12.3 Å². The molecule has 0 saturated heterocycles. The Balaban J connectivity index is 2.41. The van der Waals surface area contributed by atoms with Gasteiger partial charge in [0.15, 0.2) is 0 Å². The SMILES string of the molecule is CCCCSc1cccc(C(O)CCNC(=O)OC(C)(C)C)c1. The Hall–Kier alpha value is -1.20. The van der Waals surface area contributed by atoms with Crippen LogP contribution in [0.25, 0.3) is 0 Å². The molecule has 2 N–H and O–H groups in total. The van der Waals surface area contributed by atoms with Crippen LogP contribution in [0.4, 0.5) is 4.79 Å². The van der Waals surface area contributed by atoms with Crippen molar-refractivity contribution in [1.82, 2.24) is 5.32 Å². The van der Waals surface area contributed by atoms with Crippen LogP contribution in [0, 0.1) is 0 Å². The average Bonchev–Trinajstić information content (AvgIpc) is 2.46. The standard InChI is InChI=1S/C18H29NO3S/c1-5-6-12-23-15-9-7-8-14(13-15)16(20)10-11-19-17(21)22-18(2,3)4/h7-9,13,16,20H,5-6,10-12H2,1-4H3,(H,19,21). The summed E-state index contributed by atoms with van der Waals surface area (Å²) in [5, 5.41) is 12.9. The summed E-state index contributed by atoms with van der Waals surface area (Å²) in [7, 11) is 0. The second-order valence-electron chi connectivity index (χ2n) is 6.51. The van der Waals surface area contributed by atoms with Crippen LogP contribution in [0.1, 0.15) is 58.6 Å². The van der Waals surface area contributed by atoms with Crippen molar-refractivity contribution >= 4 is 17.9 Å². The van der Waals surface area contributed by atoms with Crippen LogP contribution in [-0.4, -0.2) is 29.1 Å². The number of hydrogen-bond donors (Lipinski definition) is 2. The number of hydrogen-bond acceptors (Lipinski definition) is 4. The number of thioether (sulfide) groups is 1. The zero-order valence-electron chi connectivity index (χ0n) is 14.6. The van der Waals surface area contributed by atoms with Crippen LogP contribution in [-0.2, 0) is 4.74 Å². The Kier molecular flexibility index (Phi) is 8.48. The van der Waals surface area contributed by atoms with Crippen molar-refractivity contribution in [3.8, 4) is 0 Å². The van der Waals surface area contributed by atoms with Crippen molar-refractivity contribution in [3.63, 3.8) is 0 Å². The summed E-state index contributed by atoms with van der Waals surface area (Å²) in [6.07, 6.45) is 1.80. The topological polar surface area (TPSA) is 58.6 Å². The van der Waals surface area contributed by atoms with E-state index in [9.17, 15) is 9.90 Å². The summed E-state index contributed by atoms with van der Waals surface area (Å²) in [5.41, 5.74) is 0.379. The molecule has 0 fully saturated rings. The first kappa shape index (κ1) is 19.8. The molecule has 1 amide bonds. The maximum Gasteiger partial charge on any atom is 0.407 e. The number of nitrogens with one attached hydrogen (secondary N) is 1. The van der Waals surface area contributed by atoms with E-state index in [2.05, 4.69) is 18.3 Å². The van der Waals surface area contributed by atoms with Gasteiger partial charge in [-0.05, 0) is 57.1 Å². The number of aliphatic hydroxyl groups excluding tert-OH is 1. The third kappa shape index (κ3) is 8.86. The number of unbranched alkanes of at least 4 members (excludes halogenated alkanes) is 1. The van der Waals surface area contributed by atoms with E-state index in [0.717, 1.165) is 11.3 Å². The van der Waals surface area contributed by atoms with Crippen LogP contribution in [0.3, 0.4) is 0 Å². The molecule has 5 heteroatoms. The molecule has 0 radical (unpaired) electrons. The zero-order valence-corrected chi connectivity index (χ0v) is 15.4. The maximum atomic E-state index is 11.6. The third-order valence-electron chi connectivity index (χ3n) is 3.10. The molecule has 0 aliphatic carbocycles. The second kappa shape index (κ2) is 9.83. The lowest BCUT2D eigenvalue weighted by Gasteiger charge is -2.20. The minimum absolute atomic E-state index is 0.378. The third-order valence-corrected chi connectivity index (χ3v) is 4.18. The van der Waals surface area contributed by atoms with Crippen molar-refractivity contribution in [3.05, 3.63) is 29.8 Å². The van der Waals surface area contributed by atoms with E-state index in [-0.39, 0.29) is 0 Å². The highest BCUT2D eigenvalue weighted by Gasteiger charge is 2.16. The monoisotopic (exact) mass is 339 g/mol. The number of carbonyl (C=O) groups excluding carboxylic acids is 1. The highest BCUT2D eigenvalue weighted by Crippen LogP contribution is 2.24. The van der Waals surface area contributed by atoms with Gasteiger partial charge in [0.05, 0.1) is 6.10 Å². The first-order valence-electron chi connectivity index (χ1n) is 8.19. The van der Waals surface area contributed by atoms with Crippen molar-refractivity contribution < 1.29 is 14.6 Å². The number of aliphatic hydroxyl groups is 1. The smallest absolute Gasteiger partial charge is 0.407 e. The van der Waals surface area contributed by atoms with Gasteiger partial charge in [0.1, 0.15) is 5.60 Å². The van der Waals surface area contributed by atoms with Gasteiger partial charge in [-0.2, -0.15) is 0 Å². The van der Waals surface area contributed by atoms with Gasteiger partial charge in [-0.15, -0.1) is 11.8 Å². The molecule has 0 aliphatic rings. The first-order chi connectivity index (χ1) is 10.8. The average molecular weight is 340 g/mol. The van der Waals surface area contributed by atoms with Crippen molar-refractivity contribution in [2.24, 2.45) is 0 Å². The van der Waals surface area contributed by atoms with Crippen LogP contribution in [0.15, 0.2) is 29.2 Å². The number of benzene rings is 1. The molecule has 1 atom stereocenters. The molecule has 4 nitrogen and oxygen atoms in total. The van der Waals surface area contributed by atoms with Gasteiger partial charge in [-0.3, -0.25) is 0 Å². The molecule has 0 aromatic heterocycles. The van der Waals surface area contributed by atoms with Gasteiger partial charge in [0.2, 0.25) is 0 Å². The molecule has 0 saturated carbocycles. The van der Waals surface area contributed by atoms with Crippen LogP contribution in [0.5, 0.6) is 0 Å². The molecule has 130 valence electrons. The number of carbonyl (C=O) groups is 1. The van der Waals surface area contributed by atoms with Gasteiger partial charge >= 0.3 is 6.09 Å². The van der Waals surface area contributed by atoms with Crippen LogP contribution < -0.4 is 5.32 Å². The van der Waals surface area contributed by atoms with Gasteiger partial charge in [-0.25, -0.2) is 4.79 Å². The zero-order chi connectivity index (χ0) is 17.3.